The van der Waals surface area contributed by atoms with Gasteiger partial charge >= 0.3 is 0 Å². The van der Waals surface area contributed by atoms with Gasteiger partial charge in [0.2, 0.25) is 5.91 Å². The maximum atomic E-state index is 12.8. The maximum absolute atomic E-state index is 12.8. The number of amides is 1. The lowest BCUT2D eigenvalue weighted by atomic mass is 10.2. The lowest BCUT2D eigenvalue weighted by molar-refractivity contribution is -0.136. The first-order chi connectivity index (χ1) is 11.2. The normalized spacial score (nSPS) is 20.8. The zero-order chi connectivity index (χ0) is 15.8. The van der Waals surface area contributed by atoms with Gasteiger partial charge < -0.3 is 9.47 Å². The van der Waals surface area contributed by atoms with Crippen LogP contribution in [0.1, 0.15) is 25.8 Å². The highest BCUT2D eigenvalue weighted by atomic mass is 16.2. The molecule has 1 aliphatic heterocycles. The van der Waals surface area contributed by atoms with Crippen molar-refractivity contribution in [2.75, 3.05) is 32.7 Å². The third kappa shape index (κ3) is 2.98. The number of hydrogen-bond donors (Lipinski definition) is 0. The van der Waals surface area contributed by atoms with Crippen LogP contribution < -0.4 is 0 Å². The zero-order valence-electron chi connectivity index (χ0n) is 13.7. The van der Waals surface area contributed by atoms with Crippen LogP contribution in [0.5, 0.6) is 0 Å². The molecule has 1 atom stereocenters. The van der Waals surface area contributed by atoms with Gasteiger partial charge in [0.25, 0.3) is 0 Å². The minimum atomic E-state index is -0.197. The Labute approximate surface area is 136 Å². The van der Waals surface area contributed by atoms with E-state index in [0.29, 0.717) is 0 Å². The van der Waals surface area contributed by atoms with Gasteiger partial charge in [0.05, 0.1) is 17.4 Å². The molecule has 1 aromatic heterocycles. The van der Waals surface area contributed by atoms with E-state index in [4.69, 9.17) is 0 Å². The second kappa shape index (κ2) is 5.96. The van der Waals surface area contributed by atoms with Gasteiger partial charge in [-0.25, -0.2) is 4.98 Å². The molecule has 2 fully saturated rings. The Balaban J connectivity index is 1.42. The minimum Gasteiger partial charge on any atom is -0.338 e. The average Bonchev–Trinajstić information content (AvgIpc) is 3.30. The van der Waals surface area contributed by atoms with E-state index in [1.54, 1.807) is 6.33 Å². The number of carbonyl (C=O) groups is 1. The molecule has 1 aliphatic carbocycles. The van der Waals surface area contributed by atoms with E-state index >= 15 is 0 Å². The predicted octanol–water partition coefficient (Wildman–Crippen LogP) is 2.15. The zero-order valence-corrected chi connectivity index (χ0v) is 13.7. The largest absolute Gasteiger partial charge is 0.338 e. The monoisotopic (exact) mass is 312 g/mol. The summed E-state index contributed by atoms with van der Waals surface area (Å²) in [5.41, 5.74) is 1.97. The smallest absolute Gasteiger partial charge is 0.245 e. The Morgan fingerprint density at radius 3 is 2.70 bits per heavy atom. The highest BCUT2D eigenvalue weighted by Gasteiger charge is 2.29. The molecule has 0 spiro atoms. The van der Waals surface area contributed by atoms with Crippen molar-refractivity contribution < 1.29 is 4.79 Å². The molecule has 1 saturated heterocycles. The number of carbonyl (C=O) groups excluding carboxylic acids is 1. The lowest BCUT2D eigenvalue weighted by Gasteiger charge is -2.36. The van der Waals surface area contributed by atoms with Crippen molar-refractivity contribution in [1.82, 2.24) is 19.4 Å². The van der Waals surface area contributed by atoms with Gasteiger partial charge in [-0.3, -0.25) is 9.69 Å². The summed E-state index contributed by atoms with van der Waals surface area (Å²) >= 11 is 0. The molecule has 23 heavy (non-hydrogen) atoms. The van der Waals surface area contributed by atoms with Crippen LogP contribution in [-0.4, -0.2) is 58.0 Å². The molecule has 5 heteroatoms. The topological polar surface area (TPSA) is 41.4 Å². The van der Waals surface area contributed by atoms with Gasteiger partial charge in [0.15, 0.2) is 0 Å². The maximum Gasteiger partial charge on any atom is 0.245 e. The Morgan fingerprint density at radius 1 is 1.22 bits per heavy atom. The van der Waals surface area contributed by atoms with Crippen molar-refractivity contribution in [2.24, 2.45) is 5.92 Å². The van der Waals surface area contributed by atoms with E-state index in [-0.39, 0.29) is 11.9 Å². The SMILES string of the molecule is C[C@@H](C(=O)N1CCN(CC2CC2)CC1)n1cnc2ccccc21. The molecule has 1 aromatic carbocycles. The van der Waals surface area contributed by atoms with E-state index in [1.165, 1.54) is 19.4 Å². The fourth-order valence-electron chi connectivity index (χ4n) is 3.49. The van der Waals surface area contributed by atoms with Gasteiger partial charge in [-0.1, -0.05) is 12.1 Å². The summed E-state index contributed by atoms with van der Waals surface area (Å²) in [6, 6.07) is 7.79. The van der Waals surface area contributed by atoms with E-state index in [0.717, 1.165) is 43.1 Å². The number of imidazole rings is 1. The van der Waals surface area contributed by atoms with Gasteiger partial charge in [-0.05, 0) is 37.8 Å². The van der Waals surface area contributed by atoms with Crippen molar-refractivity contribution >= 4 is 16.9 Å². The Hall–Kier alpha value is -1.88. The van der Waals surface area contributed by atoms with Crippen LogP contribution in [-0.2, 0) is 4.79 Å². The number of nitrogens with zero attached hydrogens (tertiary/aromatic N) is 4. The number of rotatable bonds is 4. The van der Waals surface area contributed by atoms with Crippen LogP contribution in [0.25, 0.3) is 11.0 Å². The first-order valence-electron chi connectivity index (χ1n) is 8.65. The molecule has 2 heterocycles. The molecule has 122 valence electrons. The van der Waals surface area contributed by atoms with E-state index < -0.39 is 0 Å². The van der Waals surface area contributed by atoms with Gasteiger partial charge in [0.1, 0.15) is 6.04 Å². The van der Waals surface area contributed by atoms with Crippen molar-refractivity contribution in [2.45, 2.75) is 25.8 Å². The predicted molar refractivity (Wildman–Crippen MR) is 90.2 cm³/mol. The van der Waals surface area contributed by atoms with Crippen LogP contribution in [0.3, 0.4) is 0 Å². The second-order valence-corrected chi connectivity index (χ2v) is 6.89. The quantitative estimate of drug-likeness (QED) is 0.869. The molecule has 2 aromatic rings. The summed E-state index contributed by atoms with van der Waals surface area (Å²) in [4.78, 5) is 21.8. The average molecular weight is 312 g/mol. The highest BCUT2D eigenvalue weighted by Crippen LogP contribution is 2.30. The van der Waals surface area contributed by atoms with Gasteiger partial charge in [0, 0.05) is 32.7 Å². The number of aromatic nitrogens is 2. The lowest BCUT2D eigenvalue weighted by Crippen LogP contribution is -2.50. The van der Waals surface area contributed by atoms with Gasteiger partial charge in [-0.2, -0.15) is 0 Å². The standard InChI is InChI=1S/C18H24N4O/c1-14(22-13-19-16-4-2-3-5-17(16)22)18(23)21-10-8-20(9-11-21)12-15-6-7-15/h2-5,13-15H,6-12H2,1H3/t14-/m0/s1. The summed E-state index contributed by atoms with van der Waals surface area (Å²) in [6.07, 6.45) is 4.57. The molecule has 0 N–H and O–H groups in total. The number of benzene rings is 1. The molecule has 0 radical (unpaired) electrons. The minimum absolute atomic E-state index is 0.197. The van der Waals surface area contributed by atoms with Crippen molar-refractivity contribution in [1.29, 1.82) is 0 Å². The van der Waals surface area contributed by atoms with E-state index in [9.17, 15) is 4.79 Å². The Bertz CT molecular complexity index is 698. The molecule has 4 rings (SSSR count). The van der Waals surface area contributed by atoms with Crippen LogP contribution in [0, 0.1) is 5.92 Å². The first-order valence-corrected chi connectivity index (χ1v) is 8.65. The summed E-state index contributed by atoms with van der Waals surface area (Å²) in [6.45, 7) is 6.93. The highest BCUT2D eigenvalue weighted by molar-refractivity contribution is 5.83. The number of fused-ring (bicyclic) bond motifs is 1. The summed E-state index contributed by atoms with van der Waals surface area (Å²) in [5, 5.41) is 0. The molecule has 5 nitrogen and oxygen atoms in total. The fourth-order valence-corrected chi connectivity index (χ4v) is 3.49. The van der Waals surface area contributed by atoms with Crippen LogP contribution in [0.2, 0.25) is 0 Å². The molecule has 0 unspecified atom stereocenters. The van der Waals surface area contributed by atoms with Crippen molar-refractivity contribution in [3.63, 3.8) is 0 Å². The first kappa shape index (κ1) is 14.7. The molecular weight excluding hydrogens is 288 g/mol. The Morgan fingerprint density at radius 2 is 1.96 bits per heavy atom. The summed E-state index contributed by atoms with van der Waals surface area (Å²) in [7, 11) is 0. The molecule has 1 saturated carbocycles. The van der Waals surface area contributed by atoms with E-state index in [2.05, 4.69) is 9.88 Å². The molecular formula is C18H24N4O. The fraction of sp³-hybridized carbons (Fsp3) is 0.556. The van der Waals surface area contributed by atoms with Crippen LogP contribution in [0.4, 0.5) is 0 Å². The number of hydrogen-bond acceptors (Lipinski definition) is 3. The van der Waals surface area contributed by atoms with E-state index in [1.807, 2.05) is 40.7 Å². The second-order valence-electron chi connectivity index (χ2n) is 6.89. The summed E-state index contributed by atoms with van der Waals surface area (Å²) in [5.74, 6) is 1.13. The summed E-state index contributed by atoms with van der Waals surface area (Å²) < 4.78 is 1.99. The Kier molecular flexibility index (Phi) is 3.81. The number of piperazine rings is 1. The van der Waals surface area contributed by atoms with Crippen LogP contribution in [0.15, 0.2) is 30.6 Å². The van der Waals surface area contributed by atoms with Crippen molar-refractivity contribution in [3.05, 3.63) is 30.6 Å². The molecule has 1 amide bonds. The number of para-hydroxylation sites is 2. The van der Waals surface area contributed by atoms with Crippen molar-refractivity contribution in [3.8, 4) is 0 Å². The molecule has 0 bridgehead atoms. The van der Waals surface area contributed by atoms with Gasteiger partial charge in [-0.15, -0.1) is 0 Å². The van der Waals surface area contributed by atoms with Crippen LogP contribution >= 0.6 is 0 Å². The third-order valence-corrected chi connectivity index (χ3v) is 5.15. The third-order valence-electron chi connectivity index (χ3n) is 5.15. The molecule has 2 aliphatic rings.